The van der Waals surface area contributed by atoms with Crippen molar-refractivity contribution in [1.82, 2.24) is 0 Å². The first-order valence-corrected chi connectivity index (χ1v) is 6.90. The Bertz CT molecular complexity index is 400. The first-order valence-electron chi connectivity index (χ1n) is 6.90. The van der Waals surface area contributed by atoms with E-state index < -0.39 is 35.0 Å². The number of rotatable bonds is 4. The molecule has 0 aliphatic rings. The molecular formula is C16H30O9. The van der Waals surface area contributed by atoms with Crippen LogP contribution in [0, 0.1) is 10.8 Å². The number of carboxylic acids is 3. The minimum absolute atomic E-state index is 0.218. The fraction of sp³-hybridized carbons (Fsp3) is 0.562. The summed E-state index contributed by atoms with van der Waals surface area (Å²) in [6.07, 6.45) is 0.229. The number of aliphatic carboxylic acids is 3. The van der Waals surface area contributed by atoms with Crippen molar-refractivity contribution in [3.8, 4) is 0 Å². The maximum absolute atomic E-state index is 10.0. The largest absolute Gasteiger partial charge is 0.481 e. The highest BCUT2D eigenvalue weighted by Gasteiger charge is 2.24. The van der Waals surface area contributed by atoms with Crippen LogP contribution >= 0.6 is 0 Å². The van der Waals surface area contributed by atoms with Crippen LogP contribution in [-0.4, -0.2) is 61.4 Å². The van der Waals surface area contributed by atoms with E-state index in [1.165, 1.54) is 0 Å². The van der Waals surface area contributed by atoms with E-state index in [9.17, 15) is 14.4 Å². The molecule has 9 nitrogen and oxygen atoms in total. The van der Waals surface area contributed by atoms with Crippen LogP contribution < -0.4 is 0 Å². The number of carbonyl (C=O) groups is 3. The van der Waals surface area contributed by atoms with Gasteiger partial charge in [-0.25, -0.2) is 9.59 Å². The van der Waals surface area contributed by atoms with Crippen LogP contribution in [0.3, 0.4) is 0 Å². The summed E-state index contributed by atoms with van der Waals surface area (Å²) in [4.78, 5) is 28.5. The molecule has 0 spiro atoms. The van der Waals surface area contributed by atoms with Gasteiger partial charge in [0, 0.05) is 17.6 Å². The van der Waals surface area contributed by atoms with Crippen LogP contribution in [0.1, 0.15) is 34.6 Å². The highest BCUT2D eigenvalue weighted by Crippen LogP contribution is 2.16. The second kappa shape index (κ2) is 15.3. The monoisotopic (exact) mass is 366 g/mol. The van der Waals surface area contributed by atoms with Gasteiger partial charge in [-0.05, 0) is 20.8 Å². The maximum atomic E-state index is 10.0. The molecule has 0 radical (unpaired) electrons. The summed E-state index contributed by atoms with van der Waals surface area (Å²) < 4.78 is 0. The lowest BCUT2D eigenvalue weighted by atomic mass is 9.94. The molecule has 0 heterocycles. The molecule has 25 heavy (non-hydrogen) atoms. The van der Waals surface area contributed by atoms with E-state index in [1.54, 1.807) is 34.6 Å². The van der Waals surface area contributed by atoms with E-state index >= 15 is 0 Å². The highest BCUT2D eigenvalue weighted by atomic mass is 16.5. The standard InChI is InChI=1S/C5H12O3.C5H10O2.2C3H4O2/c1-5(2,3-6)4(7)8;1-5(2,3)4(6)7;2*1-2-3(4)5/h4,6-8H,3H2,1-2H3;1-3H3,(H,6,7);2*2H,1H2,(H,4,5). The highest BCUT2D eigenvalue weighted by molar-refractivity contribution is 5.79. The van der Waals surface area contributed by atoms with Crippen molar-refractivity contribution in [3.05, 3.63) is 25.3 Å². The zero-order valence-corrected chi connectivity index (χ0v) is 15.3. The lowest BCUT2D eigenvalue weighted by molar-refractivity contribution is -0.146. The van der Waals surface area contributed by atoms with Crippen LogP contribution in [-0.2, 0) is 14.4 Å². The molecule has 0 fully saturated rings. The third kappa shape index (κ3) is 30.3. The maximum Gasteiger partial charge on any atom is 0.327 e. The van der Waals surface area contributed by atoms with Gasteiger partial charge in [0.05, 0.1) is 12.0 Å². The molecule has 0 saturated carbocycles. The zero-order valence-electron chi connectivity index (χ0n) is 15.3. The molecule has 148 valence electrons. The molecule has 0 aromatic heterocycles. The average molecular weight is 366 g/mol. The summed E-state index contributed by atoms with van der Waals surface area (Å²) in [5, 5.41) is 48.9. The Hall–Kier alpha value is -2.23. The van der Waals surface area contributed by atoms with Crippen molar-refractivity contribution >= 4 is 17.9 Å². The number of hydrogen-bond donors (Lipinski definition) is 6. The fourth-order valence-corrected chi connectivity index (χ4v) is 0.0816. The Labute approximate surface area is 147 Å². The van der Waals surface area contributed by atoms with Crippen LogP contribution in [0.5, 0.6) is 0 Å². The van der Waals surface area contributed by atoms with Crippen LogP contribution in [0.4, 0.5) is 0 Å². The van der Waals surface area contributed by atoms with E-state index in [-0.39, 0.29) is 6.61 Å². The minimum Gasteiger partial charge on any atom is -0.481 e. The van der Waals surface area contributed by atoms with Crippen molar-refractivity contribution in [3.63, 3.8) is 0 Å². The predicted molar refractivity (Wildman–Crippen MR) is 91.8 cm³/mol. The normalized spacial score (nSPS) is 9.80. The molecule has 0 unspecified atom stereocenters. The molecule has 0 saturated heterocycles. The quantitative estimate of drug-likeness (QED) is 0.313. The van der Waals surface area contributed by atoms with Gasteiger partial charge in [0.1, 0.15) is 0 Å². The Balaban J connectivity index is -0.000000120. The summed E-state index contributed by atoms with van der Waals surface area (Å²) >= 11 is 0. The van der Waals surface area contributed by atoms with Crippen LogP contribution in [0.15, 0.2) is 25.3 Å². The van der Waals surface area contributed by atoms with Gasteiger partial charge in [0.2, 0.25) is 0 Å². The summed E-state index contributed by atoms with van der Waals surface area (Å²) in [5.74, 6) is -2.72. The predicted octanol–water partition coefficient (Wildman–Crippen LogP) is 0.947. The van der Waals surface area contributed by atoms with Crippen molar-refractivity contribution in [2.45, 2.75) is 40.9 Å². The van der Waals surface area contributed by atoms with Gasteiger partial charge in [-0.1, -0.05) is 27.0 Å². The molecule has 0 aliphatic heterocycles. The molecular weight excluding hydrogens is 336 g/mol. The van der Waals surface area contributed by atoms with Crippen LogP contribution in [0.25, 0.3) is 0 Å². The second-order valence-electron chi connectivity index (χ2n) is 6.16. The van der Waals surface area contributed by atoms with Crippen molar-refractivity contribution in [2.24, 2.45) is 10.8 Å². The SMILES string of the molecule is C=CC(=O)O.C=CC(=O)O.CC(C)(C)C(=O)O.CC(C)(CO)C(O)O. The Morgan fingerprint density at radius 2 is 1.08 bits per heavy atom. The molecule has 0 amide bonds. The van der Waals surface area contributed by atoms with Crippen molar-refractivity contribution in [2.75, 3.05) is 6.61 Å². The number of aliphatic hydroxyl groups excluding tert-OH is 2. The van der Waals surface area contributed by atoms with Crippen molar-refractivity contribution < 1.29 is 45.0 Å². The van der Waals surface area contributed by atoms with Gasteiger partial charge in [-0.15, -0.1) is 0 Å². The van der Waals surface area contributed by atoms with Crippen molar-refractivity contribution in [1.29, 1.82) is 0 Å². The summed E-state index contributed by atoms with van der Waals surface area (Å²) in [6, 6.07) is 0. The fourth-order valence-electron chi connectivity index (χ4n) is 0.0816. The second-order valence-corrected chi connectivity index (χ2v) is 6.16. The smallest absolute Gasteiger partial charge is 0.327 e. The minimum atomic E-state index is -1.44. The molecule has 0 aromatic rings. The zero-order chi connectivity index (χ0) is 21.4. The Morgan fingerprint density at radius 1 is 0.880 bits per heavy atom. The van der Waals surface area contributed by atoms with Gasteiger partial charge in [0.15, 0.2) is 6.29 Å². The molecule has 9 heteroatoms. The Morgan fingerprint density at radius 3 is 1.08 bits per heavy atom. The topological polar surface area (TPSA) is 173 Å². The third-order valence-corrected chi connectivity index (χ3v) is 2.10. The van der Waals surface area contributed by atoms with Gasteiger partial charge < -0.3 is 30.6 Å². The summed E-state index contributed by atoms with van der Waals surface area (Å²) in [6.45, 7) is 13.8. The lowest BCUT2D eigenvalue weighted by Gasteiger charge is -2.22. The first-order chi connectivity index (χ1) is 11.0. The van der Waals surface area contributed by atoms with Gasteiger partial charge in [0.25, 0.3) is 0 Å². The number of carboxylic acid groups (broad SMARTS) is 3. The summed E-state index contributed by atoms with van der Waals surface area (Å²) in [7, 11) is 0. The average Bonchev–Trinajstić information content (AvgIpc) is 2.47. The van der Waals surface area contributed by atoms with E-state index in [0.29, 0.717) is 0 Å². The molecule has 0 atom stereocenters. The number of aliphatic hydroxyl groups is 3. The van der Waals surface area contributed by atoms with Gasteiger partial charge in [-0.2, -0.15) is 0 Å². The van der Waals surface area contributed by atoms with E-state index in [2.05, 4.69) is 13.2 Å². The lowest BCUT2D eigenvalue weighted by Crippen LogP contribution is -2.32. The molecule has 6 N–H and O–H groups in total. The van der Waals surface area contributed by atoms with E-state index in [1.807, 2.05) is 0 Å². The molecule has 0 bridgehead atoms. The van der Waals surface area contributed by atoms with E-state index in [0.717, 1.165) is 12.2 Å². The molecule has 0 aromatic carbocycles. The first kappa shape index (κ1) is 30.6. The van der Waals surface area contributed by atoms with E-state index in [4.69, 9.17) is 30.6 Å². The van der Waals surface area contributed by atoms with Crippen LogP contribution in [0.2, 0.25) is 0 Å². The summed E-state index contributed by atoms with van der Waals surface area (Å²) in [5.41, 5.74) is -1.38. The van der Waals surface area contributed by atoms with Gasteiger partial charge >= 0.3 is 17.9 Å². The third-order valence-electron chi connectivity index (χ3n) is 2.10. The van der Waals surface area contributed by atoms with Gasteiger partial charge in [-0.3, -0.25) is 4.79 Å². The number of hydrogen-bond acceptors (Lipinski definition) is 6. The molecule has 0 rings (SSSR count). The molecule has 0 aliphatic carbocycles. The Kier molecular flexibility index (Phi) is 18.8.